The summed E-state index contributed by atoms with van der Waals surface area (Å²) in [7, 11) is 0. The summed E-state index contributed by atoms with van der Waals surface area (Å²) >= 11 is 3.18. The normalized spacial score (nSPS) is 20.1. The summed E-state index contributed by atoms with van der Waals surface area (Å²) in [5, 5.41) is 12.8. The van der Waals surface area contributed by atoms with E-state index in [1.54, 1.807) is 6.07 Å². The van der Waals surface area contributed by atoms with Crippen molar-refractivity contribution in [3.05, 3.63) is 69.4 Å². The molecule has 3 nitrogen and oxygen atoms in total. The van der Waals surface area contributed by atoms with Crippen LogP contribution in [0.4, 0.5) is 4.39 Å². The highest BCUT2D eigenvalue weighted by Gasteiger charge is 2.32. The fourth-order valence-corrected chi connectivity index (χ4v) is 3.20. The van der Waals surface area contributed by atoms with Crippen LogP contribution in [-0.4, -0.2) is 17.1 Å². The van der Waals surface area contributed by atoms with Gasteiger partial charge in [-0.2, -0.15) is 0 Å². The van der Waals surface area contributed by atoms with Crippen LogP contribution in [-0.2, 0) is 6.42 Å². The Balaban J connectivity index is 1.89. The number of aliphatic hydroxyl groups excluding tert-OH is 1. The van der Waals surface area contributed by atoms with Gasteiger partial charge in [0, 0.05) is 10.9 Å². The van der Waals surface area contributed by atoms with Gasteiger partial charge in [-0.3, -0.25) is 4.79 Å². The van der Waals surface area contributed by atoms with Crippen LogP contribution in [0.3, 0.4) is 0 Å². The molecule has 0 aliphatic heterocycles. The van der Waals surface area contributed by atoms with Crippen molar-refractivity contribution in [1.82, 2.24) is 5.32 Å². The molecular formula is C16H13BrFNO2. The van der Waals surface area contributed by atoms with E-state index in [-0.39, 0.29) is 5.56 Å². The molecule has 0 bridgehead atoms. The van der Waals surface area contributed by atoms with Crippen molar-refractivity contribution < 1.29 is 14.3 Å². The number of nitrogens with one attached hydrogen (secondary N) is 1. The minimum absolute atomic E-state index is 0.0471. The Hall–Kier alpha value is -1.72. The zero-order chi connectivity index (χ0) is 15.0. The Bertz CT molecular complexity index is 684. The molecule has 0 heterocycles. The van der Waals surface area contributed by atoms with Gasteiger partial charge in [0.1, 0.15) is 5.82 Å². The van der Waals surface area contributed by atoms with Gasteiger partial charge in [-0.05, 0) is 39.2 Å². The molecule has 0 aromatic heterocycles. The third-order valence-electron chi connectivity index (χ3n) is 3.68. The number of carbonyl (C=O) groups excluding carboxylic acids is 1. The van der Waals surface area contributed by atoms with Gasteiger partial charge in [-0.15, -0.1) is 0 Å². The summed E-state index contributed by atoms with van der Waals surface area (Å²) in [5.74, 6) is -1.14. The summed E-state index contributed by atoms with van der Waals surface area (Å²) < 4.78 is 14.2. The molecule has 21 heavy (non-hydrogen) atoms. The van der Waals surface area contributed by atoms with E-state index in [0.29, 0.717) is 10.9 Å². The van der Waals surface area contributed by atoms with E-state index in [1.807, 2.05) is 24.3 Å². The monoisotopic (exact) mass is 349 g/mol. The lowest BCUT2D eigenvalue weighted by Gasteiger charge is -2.18. The Morgan fingerprint density at radius 1 is 1.24 bits per heavy atom. The predicted octanol–water partition coefficient (Wildman–Crippen LogP) is 2.98. The minimum Gasteiger partial charge on any atom is -0.390 e. The first-order valence-electron chi connectivity index (χ1n) is 6.58. The fourth-order valence-electron chi connectivity index (χ4n) is 2.68. The van der Waals surface area contributed by atoms with Crippen molar-refractivity contribution in [3.8, 4) is 0 Å². The average Bonchev–Trinajstić information content (AvgIpc) is 2.75. The second-order valence-corrected chi connectivity index (χ2v) is 5.87. The fraction of sp³-hybridized carbons (Fsp3) is 0.188. The first-order valence-corrected chi connectivity index (χ1v) is 7.38. The molecule has 2 aromatic rings. The minimum atomic E-state index is -0.697. The van der Waals surface area contributed by atoms with Crippen molar-refractivity contribution in [2.24, 2.45) is 0 Å². The molecule has 0 saturated carbocycles. The summed E-state index contributed by atoms with van der Waals surface area (Å²) in [6.07, 6.45) is -0.212. The second kappa shape index (κ2) is 5.58. The molecule has 2 N–H and O–H groups in total. The molecule has 108 valence electrons. The zero-order valence-corrected chi connectivity index (χ0v) is 12.6. The Morgan fingerprint density at radius 2 is 2.00 bits per heavy atom. The maximum absolute atomic E-state index is 13.8. The van der Waals surface area contributed by atoms with Crippen LogP contribution in [0, 0.1) is 5.82 Å². The lowest BCUT2D eigenvalue weighted by Crippen LogP contribution is -2.34. The van der Waals surface area contributed by atoms with E-state index in [0.717, 1.165) is 11.1 Å². The van der Waals surface area contributed by atoms with Gasteiger partial charge in [-0.1, -0.05) is 30.3 Å². The summed E-state index contributed by atoms with van der Waals surface area (Å²) in [6, 6.07) is 11.4. The van der Waals surface area contributed by atoms with Gasteiger partial charge < -0.3 is 10.4 Å². The number of halogens is 2. The summed E-state index contributed by atoms with van der Waals surface area (Å²) in [5.41, 5.74) is 1.84. The molecule has 3 rings (SSSR count). The highest BCUT2D eigenvalue weighted by atomic mass is 79.9. The second-order valence-electron chi connectivity index (χ2n) is 5.02. The van der Waals surface area contributed by atoms with Crippen LogP contribution in [0.15, 0.2) is 46.9 Å². The first kappa shape index (κ1) is 14.2. The van der Waals surface area contributed by atoms with Crippen LogP contribution in [0.5, 0.6) is 0 Å². The number of amides is 1. The van der Waals surface area contributed by atoms with Gasteiger partial charge in [0.25, 0.3) is 5.91 Å². The molecule has 1 amide bonds. The molecular weight excluding hydrogens is 337 g/mol. The maximum Gasteiger partial charge on any atom is 0.255 e. The first-order chi connectivity index (χ1) is 10.1. The highest BCUT2D eigenvalue weighted by molar-refractivity contribution is 9.10. The highest BCUT2D eigenvalue weighted by Crippen LogP contribution is 2.32. The zero-order valence-electron chi connectivity index (χ0n) is 11.0. The predicted molar refractivity (Wildman–Crippen MR) is 80.5 cm³/mol. The van der Waals surface area contributed by atoms with E-state index in [2.05, 4.69) is 21.2 Å². The van der Waals surface area contributed by atoms with Crippen molar-refractivity contribution in [1.29, 1.82) is 0 Å². The van der Waals surface area contributed by atoms with Crippen molar-refractivity contribution >= 4 is 21.8 Å². The number of aliphatic hydroxyl groups is 1. The summed E-state index contributed by atoms with van der Waals surface area (Å²) in [6.45, 7) is 0. The molecule has 1 aliphatic carbocycles. The molecule has 2 unspecified atom stereocenters. The van der Waals surface area contributed by atoms with Crippen LogP contribution in [0.25, 0.3) is 0 Å². The van der Waals surface area contributed by atoms with E-state index in [1.165, 1.54) is 12.1 Å². The van der Waals surface area contributed by atoms with E-state index < -0.39 is 23.9 Å². The molecule has 0 fully saturated rings. The Labute approximate surface area is 129 Å². The van der Waals surface area contributed by atoms with Crippen molar-refractivity contribution in [2.45, 2.75) is 18.6 Å². The smallest absolute Gasteiger partial charge is 0.255 e. The van der Waals surface area contributed by atoms with Crippen LogP contribution in [0.1, 0.15) is 27.5 Å². The standard InChI is InChI=1S/C16H13BrFNO2/c17-11-6-3-7-12(18)14(11)16(21)19-15-10-5-2-1-4-9(10)8-13(15)20/h1-7,13,15,20H,8H2,(H,19,21). The van der Waals surface area contributed by atoms with Crippen LogP contribution < -0.4 is 5.32 Å². The topological polar surface area (TPSA) is 49.3 Å². The lowest BCUT2D eigenvalue weighted by atomic mass is 10.1. The van der Waals surface area contributed by atoms with Gasteiger partial charge in [0.15, 0.2) is 0 Å². The number of benzene rings is 2. The Kier molecular flexibility index (Phi) is 3.78. The lowest BCUT2D eigenvalue weighted by molar-refractivity contribution is 0.0853. The van der Waals surface area contributed by atoms with E-state index in [4.69, 9.17) is 0 Å². The third kappa shape index (κ3) is 2.59. The SMILES string of the molecule is O=C(NC1c2ccccc2CC1O)c1c(F)cccc1Br. The van der Waals surface area contributed by atoms with Crippen molar-refractivity contribution in [3.63, 3.8) is 0 Å². The number of hydrogen-bond donors (Lipinski definition) is 2. The van der Waals surface area contributed by atoms with Gasteiger partial charge >= 0.3 is 0 Å². The van der Waals surface area contributed by atoms with Crippen molar-refractivity contribution in [2.75, 3.05) is 0 Å². The number of rotatable bonds is 2. The van der Waals surface area contributed by atoms with E-state index >= 15 is 0 Å². The number of hydrogen-bond acceptors (Lipinski definition) is 2. The molecule has 0 radical (unpaired) electrons. The van der Waals surface area contributed by atoms with Crippen LogP contribution in [0.2, 0.25) is 0 Å². The Morgan fingerprint density at radius 3 is 2.76 bits per heavy atom. The number of carbonyl (C=O) groups is 1. The number of fused-ring (bicyclic) bond motifs is 1. The van der Waals surface area contributed by atoms with E-state index in [9.17, 15) is 14.3 Å². The molecule has 5 heteroatoms. The quantitative estimate of drug-likeness (QED) is 0.875. The van der Waals surface area contributed by atoms with Gasteiger partial charge in [0.05, 0.1) is 17.7 Å². The molecule has 0 saturated heterocycles. The third-order valence-corrected chi connectivity index (χ3v) is 4.34. The average molecular weight is 350 g/mol. The molecule has 2 atom stereocenters. The van der Waals surface area contributed by atoms with Gasteiger partial charge in [0.2, 0.25) is 0 Å². The van der Waals surface area contributed by atoms with Gasteiger partial charge in [-0.25, -0.2) is 4.39 Å². The molecule has 2 aromatic carbocycles. The maximum atomic E-state index is 13.8. The molecule has 1 aliphatic rings. The largest absolute Gasteiger partial charge is 0.390 e. The molecule has 0 spiro atoms. The summed E-state index contributed by atoms with van der Waals surface area (Å²) in [4.78, 5) is 12.3. The van der Waals surface area contributed by atoms with Crippen LogP contribution >= 0.6 is 15.9 Å².